The Labute approximate surface area is 126 Å². The number of carbonyl (C=O) groups is 2. The molecule has 3 unspecified atom stereocenters. The van der Waals surface area contributed by atoms with Crippen LogP contribution in [0.15, 0.2) is 0 Å². The van der Waals surface area contributed by atoms with E-state index < -0.39 is 11.9 Å². The third-order valence-corrected chi connectivity index (χ3v) is 5.83. The van der Waals surface area contributed by atoms with Gasteiger partial charge in [0.1, 0.15) is 0 Å². The zero-order valence-electron chi connectivity index (χ0n) is 12.8. The molecule has 2 saturated heterocycles. The number of carbonyl (C=O) groups excluding carboxylic acids is 1. The van der Waals surface area contributed by atoms with Gasteiger partial charge in [-0.3, -0.25) is 14.5 Å². The predicted molar refractivity (Wildman–Crippen MR) is 78.8 cm³/mol. The first-order valence-corrected chi connectivity index (χ1v) is 8.37. The van der Waals surface area contributed by atoms with Crippen molar-refractivity contribution in [3.05, 3.63) is 0 Å². The highest BCUT2D eigenvalue weighted by atomic mass is 16.4. The number of nitrogens with zero attached hydrogens (tertiary/aromatic N) is 1. The summed E-state index contributed by atoms with van der Waals surface area (Å²) in [6, 6.07) is 0.718. The fourth-order valence-electron chi connectivity index (χ4n) is 4.58. The van der Waals surface area contributed by atoms with E-state index in [1.54, 1.807) is 0 Å². The molecule has 0 radical (unpaired) electrons. The highest BCUT2D eigenvalue weighted by Gasteiger charge is 2.44. The van der Waals surface area contributed by atoms with Gasteiger partial charge < -0.3 is 10.4 Å². The van der Waals surface area contributed by atoms with Gasteiger partial charge in [-0.05, 0) is 44.6 Å². The molecule has 1 aliphatic carbocycles. The summed E-state index contributed by atoms with van der Waals surface area (Å²) in [5.74, 6) is -1.26. The van der Waals surface area contributed by atoms with Crippen molar-refractivity contribution in [2.45, 2.75) is 57.5 Å². The maximum Gasteiger partial charge on any atom is 0.307 e. The summed E-state index contributed by atoms with van der Waals surface area (Å²) in [6.45, 7) is 4.30. The lowest BCUT2D eigenvalue weighted by Gasteiger charge is -2.24. The Morgan fingerprint density at radius 2 is 1.95 bits per heavy atom. The Hall–Kier alpha value is -1.10. The van der Waals surface area contributed by atoms with Crippen molar-refractivity contribution in [1.82, 2.24) is 10.2 Å². The lowest BCUT2D eigenvalue weighted by molar-refractivity contribution is -0.146. The summed E-state index contributed by atoms with van der Waals surface area (Å²) in [5, 5.41) is 12.5. The molecule has 5 atom stereocenters. The van der Waals surface area contributed by atoms with Gasteiger partial charge in [-0.25, -0.2) is 0 Å². The molecule has 118 valence electrons. The van der Waals surface area contributed by atoms with Crippen LogP contribution in [0.1, 0.15) is 45.4 Å². The monoisotopic (exact) mass is 294 g/mol. The highest BCUT2D eigenvalue weighted by molar-refractivity contribution is 5.85. The van der Waals surface area contributed by atoms with E-state index in [0.717, 1.165) is 38.8 Å². The van der Waals surface area contributed by atoms with E-state index in [0.29, 0.717) is 18.4 Å². The molecule has 2 N–H and O–H groups in total. The van der Waals surface area contributed by atoms with Gasteiger partial charge in [0.05, 0.1) is 11.8 Å². The van der Waals surface area contributed by atoms with E-state index >= 15 is 0 Å². The van der Waals surface area contributed by atoms with Gasteiger partial charge in [0.15, 0.2) is 0 Å². The quantitative estimate of drug-likeness (QED) is 0.824. The molecule has 5 heteroatoms. The lowest BCUT2D eigenvalue weighted by Crippen LogP contribution is -2.46. The van der Waals surface area contributed by atoms with Crippen LogP contribution in [0, 0.1) is 17.8 Å². The van der Waals surface area contributed by atoms with Crippen molar-refractivity contribution in [2.24, 2.45) is 17.8 Å². The molecule has 1 saturated carbocycles. The summed E-state index contributed by atoms with van der Waals surface area (Å²) < 4.78 is 0. The maximum atomic E-state index is 12.6. The van der Waals surface area contributed by atoms with Crippen molar-refractivity contribution in [3.63, 3.8) is 0 Å². The van der Waals surface area contributed by atoms with Crippen LogP contribution < -0.4 is 5.32 Å². The van der Waals surface area contributed by atoms with Crippen LogP contribution in [0.4, 0.5) is 0 Å². The molecular formula is C16H26N2O3. The number of carboxylic acids is 1. The fourth-order valence-corrected chi connectivity index (χ4v) is 4.58. The molecule has 3 fully saturated rings. The predicted octanol–water partition coefficient (Wildman–Crippen LogP) is 1.48. The van der Waals surface area contributed by atoms with Crippen molar-refractivity contribution in [1.29, 1.82) is 0 Å². The second-order valence-corrected chi connectivity index (χ2v) is 6.95. The number of rotatable bonds is 4. The van der Waals surface area contributed by atoms with Gasteiger partial charge in [0.25, 0.3) is 0 Å². The van der Waals surface area contributed by atoms with Gasteiger partial charge >= 0.3 is 5.97 Å². The number of nitrogens with one attached hydrogen (secondary N) is 1. The smallest absolute Gasteiger partial charge is 0.307 e. The second-order valence-electron chi connectivity index (χ2n) is 6.95. The number of hydrogen-bond donors (Lipinski definition) is 2. The van der Waals surface area contributed by atoms with Crippen molar-refractivity contribution < 1.29 is 14.7 Å². The SMILES string of the molecule is CCC1C[C@H](C(=O)NC2CCN3CCCC23)[C@H](C(=O)O)C1. The van der Waals surface area contributed by atoms with E-state index in [1.165, 1.54) is 6.42 Å². The second kappa shape index (κ2) is 5.95. The minimum atomic E-state index is -0.806. The normalized spacial score (nSPS) is 39.4. The molecule has 0 spiro atoms. The Kier molecular flexibility index (Phi) is 4.20. The molecular weight excluding hydrogens is 268 g/mol. The van der Waals surface area contributed by atoms with Crippen LogP contribution in [0.5, 0.6) is 0 Å². The molecule has 0 aromatic carbocycles. The van der Waals surface area contributed by atoms with Crippen LogP contribution in [-0.4, -0.2) is 47.1 Å². The van der Waals surface area contributed by atoms with E-state index in [2.05, 4.69) is 17.1 Å². The fraction of sp³-hybridized carbons (Fsp3) is 0.875. The van der Waals surface area contributed by atoms with E-state index in [9.17, 15) is 14.7 Å². The first kappa shape index (κ1) is 14.8. The molecule has 3 aliphatic rings. The first-order valence-electron chi connectivity index (χ1n) is 8.37. The van der Waals surface area contributed by atoms with Gasteiger partial charge in [-0.2, -0.15) is 0 Å². The van der Waals surface area contributed by atoms with E-state index in [1.807, 2.05) is 0 Å². The zero-order valence-corrected chi connectivity index (χ0v) is 12.8. The Balaban J connectivity index is 1.63. The van der Waals surface area contributed by atoms with Crippen molar-refractivity contribution >= 4 is 11.9 Å². The Morgan fingerprint density at radius 3 is 2.67 bits per heavy atom. The third-order valence-electron chi connectivity index (χ3n) is 5.83. The Bertz CT molecular complexity index is 426. The number of aliphatic carboxylic acids is 1. The number of amides is 1. The first-order chi connectivity index (χ1) is 10.1. The summed E-state index contributed by atoms with van der Waals surface area (Å²) in [4.78, 5) is 26.4. The minimum absolute atomic E-state index is 0.0166. The molecule has 3 rings (SSSR count). The molecule has 21 heavy (non-hydrogen) atoms. The zero-order chi connectivity index (χ0) is 15.0. The van der Waals surface area contributed by atoms with Gasteiger partial charge in [0.2, 0.25) is 5.91 Å². The van der Waals surface area contributed by atoms with E-state index in [4.69, 9.17) is 0 Å². The van der Waals surface area contributed by atoms with Crippen molar-refractivity contribution in [2.75, 3.05) is 13.1 Å². The van der Waals surface area contributed by atoms with Gasteiger partial charge in [-0.15, -0.1) is 0 Å². The molecule has 5 nitrogen and oxygen atoms in total. The summed E-state index contributed by atoms with van der Waals surface area (Å²) in [7, 11) is 0. The van der Waals surface area contributed by atoms with E-state index in [-0.39, 0.29) is 17.9 Å². The van der Waals surface area contributed by atoms with Crippen LogP contribution in [0.2, 0.25) is 0 Å². The van der Waals surface area contributed by atoms with Crippen molar-refractivity contribution in [3.8, 4) is 0 Å². The van der Waals surface area contributed by atoms with Crippen LogP contribution in [-0.2, 0) is 9.59 Å². The average Bonchev–Trinajstić information content (AvgIpc) is 3.13. The van der Waals surface area contributed by atoms with Gasteiger partial charge in [0, 0.05) is 18.6 Å². The third kappa shape index (κ3) is 2.80. The molecule has 0 aromatic rings. The molecule has 1 amide bonds. The summed E-state index contributed by atoms with van der Waals surface area (Å²) in [5.41, 5.74) is 0. The molecule has 2 aliphatic heterocycles. The minimum Gasteiger partial charge on any atom is -0.481 e. The lowest BCUT2D eigenvalue weighted by atomic mass is 9.94. The summed E-state index contributed by atoms with van der Waals surface area (Å²) >= 11 is 0. The number of fused-ring (bicyclic) bond motifs is 1. The maximum absolute atomic E-state index is 12.6. The largest absolute Gasteiger partial charge is 0.481 e. The molecule has 0 aromatic heterocycles. The van der Waals surface area contributed by atoms with Crippen LogP contribution >= 0.6 is 0 Å². The topological polar surface area (TPSA) is 69.6 Å². The molecule has 2 heterocycles. The Morgan fingerprint density at radius 1 is 1.19 bits per heavy atom. The summed E-state index contributed by atoms with van der Waals surface area (Å²) in [6.07, 6.45) is 5.75. The average molecular weight is 294 g/mol. The van der Waals surface area contributed by atoms with Gasteiger partial charge in [-0.1, -0.05) is 13.3 Å². The standard InChI is InChI=1S/C16H26N2O3/c1-2-10-8-11(12(9-10)16(20)21)15(19)17-13-5-7-18-6-3-4-14(13)18/h10-14H,2-9H2,1H3,(H,17,19)(H,20,21)/t10?,11-,12+,13?,14?/m0/s1. The number of hydrogen-bond acceptors (Lipinski definition) is 3. The van der Waals surface area contributed by atoms with Crippen LogP contribution in [0.3, 0.4) is 0 Å². The highest BCUT2D eigenvalue weighted by Crippen LogP contribution is 2.39. The molecule has 0 bridgehead atoms. The van der Waals surface area contributed by atoms with Crippen LogP contribution in [0.25, 0.3) is 0 Å². The number of carboxylic acid groups (broad SMARTS) is 1.